The molecule has 0 saturated heterocycles. The number of fused-ring (bicyclic) bond motifs is 1. The van der Waals surface area contributed by atoms with E-state index in [2.05, 4.69) is 39.6 Å². The van der Waals surface area contributed by atoms with Gasteiger partial charge < -0.3 is 0 Å². The van der Waals surface area contributed by atoms with Crippen molar-refractivity contribution in [3.8, 4) is 0 Å². The standard InChI is InChI=1S/C11H15BrN2/c1-14(2)13-11-7-6-8-9(11)4-3-5-10(8)12/h3-5,11,13H,6-7H2,1-2H3. The Bertz CT molecular complexity index is 336. The summed E-state index contributed by atoms with van der Waals surface area (Å²) in [6, 6.07) is 6.93. The van der Waals surface area contributed by atoms with Crippen LogP contribution in [0, 0.1) is 0 Å². The molecule has 0 saturated carbocycles. The van der Waals surface area contributed by atoms with Crippen molar-refractivity contribution >= 4 is 15.9 Å². The molecule has 76 valence electrons. The van der Waals surface area contributed by atoms with E-state index < -0.39 is 0 Å². The fourth-order valence-electron chi connectivity index (χ4n) is 2.06. The topological polar surface area (TPSA) is 15.3 Å². The smallest absolute Gasteiger partial charge is 0.0470 e. The molecule has 1 unspecified atom stereocenters. The molecule has 0 aromatic heterocycles. The fourth-order valence-corrected chi connectivity index (χ4v) is 2.64. The van der Waals surface area contributed by atoms with Crippen LogP contribution in [0.2, 0.25) is 0 Å². The first-order chi connectivity index (χ1) is 6.68. The predicted octanol–water partition coefficient (Wildman–Crippen LogP) is 2.50. The monoisotopic (exact) mass is 254 g/mol. The average Bonchev–Trinajstić information content (AvgIpc) is 2.49. The molecule has 0 fully saturated rings. The second kappa shape index (κ2) is 4.01. The number of rotatable bonds is 2. The number of halogens is 1. The highest BCUT2D eigenvalue weighted by atomic mass is 79.9. The highest BCUT2D eigenvalue weighted by Gasteiger charge is 2.23. The minimum Gasteiger partial charge on any atom is -0.250 e. The van der Waals surface area contributed by atoms with E-state index in [1.54, 1.807) is 0 Å². The highest BCUT2D eigenvalue weighted by molar-refractivity contribution is 9.10. The Morgan fingerprint density at radius 3 is 2.93 bits per heavy atom. The van der Waals surface area contributed by atoms with E-state index in [4.69, 9.17) is 0 Å². The van der Waals surface area contributed by atoms with Crippen LogP contribution in [0.1, 0.15) is 23.6 Å². The number of benzene rings is 1. The Kier molecular flexibility index (Phi) is 2.91. The molecule has 1 atom stereocenters. The Balaban J connectivity index is 2.26. The van der Waals surface area contributed by atoms with Gasteiger partial charge in [0.15, 0.2) is 0 Å². The van der Waals surface area contributed by atoms with Gasteiger partial charge in [0, 0.05) is 24.6 Å². The van der Waals surface area contributed by atoms with Crippen molar-refractivity contribution in [2.45, 2.75) is 18.9 Å². The SMILES string of the molecule is CN(C)NC1CCc2c(Br)cccc21. The molecule has 1 aliphatic rings. The lowest BCUT2D eigenvalue weighted by Gasteiger charge is -2.19. The van der Waals surface area contributed by atoms with Crippen LogP contribution in [0.5, 0.6) is 0 Å². The number of hydrogen-bond acceptors (Lipinski definition) is 2. The summed E-state index contributed by atoms with van der Waals surface area (Å²) in [4.78, 5) is 0. The van der Waals surface area contributed by atoms with E-state index in [1.165, 1.54) is 28.4 Å². The van der Waals surface area contributed by atoms with Crippen LogP contribution in [0.4, 0.5) is 0 Å². The molecule has 0 amide bonds. The lowest BCUT2D eigenvalue weighted by atomic mass is 10.1. The summed E-state index contributed by atoms with van der Waals surface area (Å²) < 4.78 is 1.25. The van der Waals surface area contributed by atoms with Crippen molar-refractivity contribution in [3.63, 3.8) is 0 Å². The molecule has 0 spiro atoms. The van der Waals surface area contributed by atoms with Gasteiger partial charge in [-0.15, -0.1) is 0 Å². The predicted molar refractivity (Wildman–Crippen MR) is 62.0 cm³/mol. The first-order valence-corrected chi connectivity index (χ1v) is 5.68. The maximum absolute atomic E-state index is 3.60. The molecular formula is C11H15BrN2. The summed E-state index contributed by atoms with van der Waals surface area (Å²) >= 11 is 3.60. The summed E-state index contributed by atoms with van der Waals surface area (Å²) in [5.41, 5.74) is 6.34. The van der Waals surface area contributed by atoms with E-state index in [0.29, 0.717) is 6.04 Å². The van der Waals surface area contributed by atoms with E-state index >= 15 is 0 Å². The van der Waals surface area contributed by atoms with E-state index in [-0.39, 0.29) is 0 Å². The van der Waals surface area contributed by atoms with Crippen molar-refractivity contribution in [3.05, 3.63) is 33.8 Å². The quantitative estimate of drug-likeness (QED) is 0.817. The summed E-state index contributed by atoms with van der Waals surface area (Å²) in [6.07, 6.45) is 2.36. The fraction of sp³-hybridized carbons (Fsp3) is 0.455. The van der Waals surface area contributed by atoms with Crippen molar-refractivity contribution in [2.24, 2.45) is 0 Å². The van der Waals surface area contributed by atoms with Crippen molar-refractivity contribution in [1.82, 2.24) is 10.4 Å². The number of nitrogens with one attached hydrogen (secondary N) is 1. The first kappa shape index (κ1) is 10.1. The molecule has 1 aliphatic carbocycles. The lowest BCUT2D eigenvalue weighted by Crippen LogP contribution is -2.33. The Hall–Kier alpha value is -0.380. The molecule has 0 aliphatic heterocycles. The zero-order valence-electron chi connectivity index (χ0n) is 8.55. The average molecular weight is 255 g/mol. The van der Waals surface area contributed by atoms with Gasteiger partial charge in [-0.2, -0.15) is 0 Å². The molecule has 0 heterocycles. The van der Waals surface area contributed by atoms with Crippen LogP contribution in [-0.2, 0) is 6.42 Å². The van der Waals surface area contributed by atoms with Gasteiger partial charge in [0.25, 0.3) is 0 Å². The van der Waals surface area contributed by atoms with Gasteiger partial charge in [-0.05, 0) is 30.0 Å². The van der Waals surface area contributed by atoms with Crippen molar-refractivity contribution in [2.75, 3.05) is 14.1 Å². The summed E-state index contributed by atoms with van der Waals surface area (Å²) in [6.45, 7) is 0. The normalized spacial score (nSPS) is 20.1. The molecule has 2 nitrogen and oxygen atoms in total. The van der Waals surface area contributed by atoms with Gasteiger partial charge in [0.2, 0.25) is 0 Å². The van der Waals surface area contributed by atoms with Crippen molar-refractivity contribution in [1.29, 1.82) is 0 Å². The molecule has 1 aromatic carbocycles. The maximum atomic E-state index is 3.60. The van der Waals surface area contributed by atoms with Crippen LogP contribution in [0.15, 0.2) is 22.7 Å². The highest BCUT2D eigenvalue weighted by Crippen LogP contribution is 2.35. The zero-order chi connectivity index (χ0) is 10.1. The molecule has 1 N–H and O–H groups in total. The number of hydrogen-bond donors (Lipinski definition) is 1. The van der Waals surface area contributed by atoms with Gasteiger partial charge in [0.1, 0.15) is 0 Å². The maximum Gasteiger partial charge on any atom is 0.0470 e. The third kappa shape index (κ3) is 1.85. The Morgan fingerprint density at radius 2 is 2.21 bits per heavy atom. The zero-order valence-corrected chi connectivity index (χ0v) is 10.1. The molecular weight excluding hydrogens is 240 g/mol. The van der Waals surface area contributed by atoms with Gasteiger partial charge in [0.05, 0.1) is 0 Å². The van der Waals surface area contributed by atoms with E-state index in [9.17, 15) is 0 Å². The summed E-state index contributed by atoms with van der Waals surface area (Å²) in [5, 5.41) is 2.03. The molecule has 1 aromatic rings. The lowest BCUT2D eigenvalue weighted by molar-refractivity contribution is 0.242. The van der Waals surface area contributed by atoms with Gasteiger partial charge in [-0.1, -0.05) is 28.1 Å². The number of nitrogens with zero attached hydrogens (tertiary/aromatic N) is 1. The van der Waals surface area contributed by atoms with Gasteiger partial charge >= 0.3 is 0 Å². The summed E-state index contributed by atoms with van der Waals surface area (Å²) in [5.74, 6) is 0. The second-order valence-corrected chi connectivity index (χ2v) is 4.78. The van der Waals surface area contributed by atoms with Crippen molar-refractivity contribution < 1.29 is 0 Å². The Morgan fingerprint density at radius 1 is 1.43 bits per heavy atom. The third-order valence-corrected chi connectivity index (χ3v) is 3.37. The van der Waals surface area contributed by atoms with Gasteiger partial charge in [-0.3, -0.25) is 5.01 Å². The third-order valence-electron chi connectivity index (χ3n) is 2.63. The molecule has 2 rings (SSSR count). The van der Waals surface area contributed by atoms with Crippen LogP contribution in [0.25, 0.3) is 0 Å². The summed E-state index contributed by atoms with van der Waals surface area (Å²) in [7, 11) is 4.08. The first-order valence-electron chi connectivity index (χ1n) is 4.89. The van der Waals surface area contributed by atoms with Crippen LogP contribution in [0.3, 0.4) is 0 Å². The minimum absolute atomic E-state index is 0.484. The molecule has 0 radical (unpaired) electrons. The molecule has 3 heteroatoms. The number of hydrazine groups is 1. The molecule has 0 bridgehead atoms. The van der Waals surface area contributed by atoms with E-state index in [1.807, 2.05) is 19.1 Å². The second-order valence-electron chi connectivity index (χ2n) is 3.92. The minimum atomic E-state index is 0.484. The largest absolute Gasteiger partial charge is 0.250 e. The van der Waals surface area contributed by atoms with Crippen LogP contribution >= 0.6 is 15.9 Å². The van der Waals surface area contributed by atoms with E-state index in [0.717, 1.165) is 0 Å². The Labute approximate surface area is 93.4 Å². The van der Waals surface area contributed by atoms with Gasteiger partial charge in [-0.25, -0.2) is 5.43 Å². The van der Waals surface area contributed by atoms with Crippen LogP contribution < -0.4 is 5.43 Å². The van der Waals surface area contributed by atoms with Crippen LogP contribution in [-0.4, -0.2) is 19.1 Å². The molecule has 14 heavy (non-hydrogen) atoms.